The van der Waals surface area contributed by atoms with Gasteiger partial charge >= 0.3 is 0 Å². The van der Waals surface area contributed by atoms with Crippen LogP contribution in [0.2, 0.25) is 0 Å². The van der Waals surface area contributed by atoms with Crippen LogP contribution in [0.3, 0.4) is 0 Å². The third kappa shape index (κ3) is 3.30. The molecule has 1 aromatic carbocycles. The number of carbonyl (C=O) groups excluding carboxylic acids is 1. The molecule has 0 radical (unpaired) electrons. The van der Waals surface area contributed by atoms with E-state index in [1.165, 1.54) is 6.42 Å². The Labute approximate surface area is 103 Å². The maximum absolute atomic E-state index is 11.9. The first-order valence-electron chi connectivity index (χ1n) is 6.31. The van der Waals surface area contributed by atoms with Gasteiger partial charge in [0.25, 0.3) is 5.91 Å². The molecular weight excluding hydrogens is 212 g/mol. The molecule has 92 valence electrons. The second-order valence-corrected chi connectivity index (χ2v) is 4.81. The van der Waals surface area contributed by atoms with Gasteiger partial charge in [-0.1, -0.05) is 25.1 Å². The Balaban J connectivity index is 1.84. The molecule has 0 bridgehead atoms. The first-order chi connectivity index (χ1) is 8.27. The number of carbonyl (C=O) groups is 1. The van der Waals surface area contributed by atoms with Crippen LogP contribution in [-0.4, -0.2) is 25.5 Å². The summed E-state index contributed by atoms with van der Waals surface area (Å²) in [7, 11) is 0. The van der Waals surface area contributed by atoms with Crippen LogP contribution in [0.1, 0.15) is 23.7 Å². The third-order valence-corrected chi connectivity index (χ3v) is 3.55. The highest BCUT2D eigenvalue weighted by atomic mass is 16.1. The van der Waals surface area contributed by atoms with Crippen molar-refractivity contribution in [1.29, 1.82) is 0 Å². The fourth-order valence-electron chi connectivity index (χ4n) is 2.24. The van der Waals surface area contributed by atoms with E-state index in [1.807, 2.05) is 30.3 Å². The van der Waals surface area contributed by atoms with Crippen LogP contribution < -0.4 is 10.6 Å². The molecule has 0 aliphatic carbocycles. The van der Waals surface area contributed by atoms with Gasteiger partial charge in [0, 0.05) is 12.1 Å². The van der Waals surface area contributed by atoms with E-state index in [2.05, 4.69) is 17.6 Å². The van der Waals surface area contributed by atoms with Crippen molar-refractivity contribution in [2.45, 2.75) is 13.3 Å². The van der Waals surface area contributed by atoms with Crippen molar-refractivity contribution in [3.8, 4) is 0 Å². The van der Waals surface area contributed by atoms with Gasteiger partial charge in [-0.2, -0.15) is 0 Å². The zero-order chi connectivity index (χ0) is 12.1. The van der Waals surface area contributed by atoms with Crippen molar-refractivity contribution in [1.82, 2.24) is 10.6 Å². The lowest BCUT2D eigenvalue weighted by Crippen LogP contribution is -2.42. The molecule has 1 amide bonds. The minimum atomic E-state index is 0.0309. The lowest BCUT2D eigenvalue weighted by atomic mass is 9.88. The Morgan fingerprint density at radius 1 is 1.41 bits per heavy atom. The van der Waals surface area contributed by atoms with Crippen LogP contribution in [0.4, 0.5) is 0 Å². The summed E-state index contributed by atoms with van der Waals surface area (Å²) in [4.78, 5) is 11.9. The quantitative estimate of drug-likeness (QED) is 0.832. The molecule has 1 saturated heterocycles. The lowest BCUT2D eigenvalue weighted by Gasteiger charge is -2.29. The Kier molecular flexibility index (Phi) is 4.15. The van der Waals surface area contributed by atoms with Crippen LogP contribution >= 0.6 is 0 Å². The molecule has 2 N–H and O–H groups in total. The van der Waals surface area contributed by atoms with Gasteiger partial charge in [-0.15, -0.1) is 0 Å². The summed E-state index contributed by atoms with van der Waals surface area (Å²) < 4.78 is 0. The van der Waals surface area contributed by atoms with Crippen LogP contribution in [-0.2, 0) is 0 Å². The molecule has 1 aliphatic heterocycles. The van der Waals surface area contributed by atoms with E-state index >= 15 is 0 Å². The Hall–Kier alpha value is -1.35. The van der Waals surface area contributed by atoms with E-state index in [1.54, 1.807) is 0 Å². The summed E-state index contributed by atoms with van der Waals surface area (Å²) in [6, 6.07) is 9.39. The molecule has 0 aromatic heterocycles. The highest BCUT2D eigenvalue weighted by Crippen LogP contribution is 2.17. The molecule has 2 atom stereocenters. The fourth-order valence-corrected chi connectivity index (χ4v) is 2.24. The SMILES string of the molecule is CC1CCNCC1CNC(=O)c1ccccc1. The van der Waals surface area contributed by atoms with E-state index in [0.29, 0.717) is 11.8 Å². The van der Waals surface area contributed by atoms with Gasteiger partial charge in [0.15, 0.2) is 0 Å². The van der Waals surface area contributed by atoms with E-state index in [9.17, 15) is 4.79 Å². The molecule has 17 heavy (non-hydrogen) atoms. The maximum atomic E-state index is 11.9. The summed E-state index contributed by atoms with van der Waals surface area (Å²) >= 11 is 0. The van der Waals surface area contributed by atoms with Crippen LogP contribution in [0, 0.1) is 11.8 Å². The van der Waals surface area contributed by atoms with Crippen LogP contribution in [0.5, 0.6) is 0 Å². The second-order valence-electron chi connectivity index (χ2n) is 4.81. The largest absolute Gasteiger partial charge is 0.352 e. The molecule has 0 spiro atoms. The number of nitrogens with one attached hydrogen (secondary N) is 2. The van der Waals surface area contributed by atoms with Gasteiger partial charge in [0.1, 0.15) is 0 Å². The number of rotatable bonds is 3. The van der Waals surface area contributed by atoms with Gasteiger partial charge in [-0.25, -0.2) is 0 Å². The monoisotopic (exact) mass is 232 g/mol. The fraction of sp³-hybridized carbons (Fsp3) is 0.500. The Morgan fingerprint density at radius 2 is 2.18 bits per heavy atom. The van der Waals surface area contributed by atoms with Gasteiger partial charge in [-0.05, 0) is 43.5 Å². The number of hydrogen-bond acceptors (Lipinski definition) is 2. The average Bonchev–Trinajstić information content (AvgIpc) is 2.38. The Morgan fingerprint density at radius 3 is 2.88 bits per heavy atom. The van der Waals surface area contributed by atoms with E-state index in [4.69, 9.17) is 0 Å². The topological polar surface area (TPSA) is 41.1 Å². The highest BCUT2D eigenvalue weighted by Gasteiger charge is 2.21. The zero-order valence-electron chi connectivity index (χ0n) is 10.3. The maximum Gasteiger partial charge on any atom is 0.251 e. The number of piperidine rings is 1. The van der Waals surface area contributed by atoms with Gasteiger partial charge < -0.3 is 10.6 Å². The molecule has 3 nitrogen and oxygen atoms in total. The third-order valence-electron chi connectivity index (χ3n) is 3.55. The minimum Gasteiger partial charge on any atom is -0.352 e. The number of benzene rings is 1. The Bertz CT molecular complexity index is 364. The standard InChI is InChI=1S/C14H20N2O/c1-11-7-8-15-9-13(11)10-16-14(17)12-5-3-2-4-6-12/h2-6,11,13,15H,7-10H2,1H3,(H,16,17). The summed E-state index contributed by atoms with van der Waals surface area (Å²) in [5.41, 5.74) is 0.740. The predicted octanol–water partition coefficient (Wildman–Crippen LogP) is 1.66. The summed E-state index contributed by atoms with van der Waals surface area (Å²) in [6.45, 7) is 5.14. The van der Waals surface area contributed by atoms with Crippen molar-refractivity contribution in [3.63, 3.8) is 0 Å². The molecule has 2 unspecified atom stereocenters. The normalized spacial score (nSPS) is 24.3. The first kappa shape index (κ1) is 12.1. The van der Waals surface area contributed by atoms with Crippen molar-refractivity contribution < 1.29 is 4.79 Å². The van der Waals surface area contributed by atoms with E-state index in [0.717, 1.165) is 25.2 Å². The molecule has 2 rings (SSSR count). The summed E-state index contributed by atoms with van der Waals surface area (Å²) in [6.07, 6.45) is 1.20. The first-order valence-corrected chi connectivity index (χ1v) is 6.31. The van der Waals surface area contributed by atoms with Crippen LogP contribution in [0.25, 0.3) is 0 Å². The zero-order valence-corrected chi connectivity index (χ0v) is 10.3. The lowest BCUT2D eigenvalue weighted by molar-refractivity contribution is 0.0939. The van der Waals surface area contributed by atoms with Crippen LogP contribution in [0.15, 0.2) is 30.3 Å². The van der Waals surface area contributed by atoms with Crippen molar-refractivity contribution >= 4 is 5.91 Å². The molecule has 1 aliphatic rings. The van der Waals surface area contributed by atoms with Crippen molar-refractivity contribution in [3.05, 3.63) is 35.9 Å². The number of hydrogen-bond donors (Lipinski definition) is 2. The molecule has 1 heterocycles. The number of amides is 1. The minimum absolute atomic E-state index is 0.0309. The summed E-state index contributed by atoms with van der Waals surface area (Å²) in [5, 5.41) is 6.40. The average molecular weight is 232 g/mol. The molecule has 1 fully saturated rings. The molecular formula is C14H20N2O. The van der Waals surface area contributed by atoms with E-state index < -0.39 is 0 Å². The van der Waals surface area contributed by atoms with Crippen molar-refractivity contribution in [2.75, 3.05) is 19.6 Å². The van der Waals surface area contributed by atoms with Gasteiger partial charge in [0.05, 0.1) is 0 Å². The highest BCUT2D eigenvalue weighted by molar-refractivity contribution is 5.94. The smallest absolute Gasteiger partial charge is 0.251 e. The predicted molar refractivity (Wildman–Crippen MR) is 68.9 cm³/mol. The van der Waals surface area contributed by atoms with Gasteiger partial charge in [-0.3, -0.25) is 4.79 Å². The molecule has 3 heteroatoms. The van der Waals surface area contributed by atoms with E-state index in [-0.39, 0.29) is 5.91 Å². The summed E-state index contributed by atoms with van der Waals surface area (Å²) in [5.74, 6) is 1.27. The second kappa shape index (κ2) is 5.82. The van der Waals surface area contributed by atoms with Crippen molar-refractivity contribution in [2.24, 2.45) is 11.8 Å². The van der Waals surface area contributed by atoms with Gasteiger partial charge in [0.2, 0.25) is 0 Å². The molecule has 0 saturated carbocycles. The molecule has 1 aromatic rings.